The maximum absolute atomic E-state index is 9.13. The molecule has 0 spiro atoms. The fraction of sp³-hybridized carbons (Fsp3) is 1.00. The molecule has 1 saturated heterocycles. The molecule has 0 aromatic carbocycles. The van der Waals surface area contributed by atoms with Gasteiger partial charge < -0.3 is 15.7 Å². The standard InChI is InChI=1S/C9H20N2O/c1-11-5-3-8(6-11)9(7-12)2-4-10/h8-9,12H,2-7,10H2,1H3. The summed E-state index contributed by atoms with van der Waals surface area (Å²) in [6.07, 6.45) is 2.19. The second-order valence-electron chi connectivity index (χ2n) is 3.83. The molecule has 0 amide bonds. The van der Waals surface area contributed by atoms with Gasteiger partial charge in [-0.3, -0.25) is 0 Å². The predicted molar refractivity (Wildman–Crippen MR) is 49.9 cm³/mol. The monoisotopic (exact) mass is 172 g/mol. The van der Waals surface area contributed by atoms with E-state index in [-0.39, 0.29) is 0 Å². The van der Waals surface area contributed by atoms with E-state index in [1.807, 2.05) is 0 Å². The molecule has 12 heavy (non-hydrogen) atoms. The van der Waals surface area contributed by atoms with Gasteiger partial charge in [0.15, 0.2) is 0 Å². The van der Waals surface area contributed by atoms with E-state index in [9.17, 15) is 0 Å². The fourth-order valence-corrected chi connectivity index (χ4v) is 2.04. The maximum Gasteiger partial charge on any atom is 0.0462 e. The first kappa shape index (κ1) is 9.96. The highest BCUT2D eigenvalue weighted by Gasteiger charge is 2.26. The summed E-state index contributed by atoms with van der Waals surface area (Å²) in [5, 5.41) is 9.13. The van der Waals surface area contributed by atoms with Gasteiger partial charge in [-0.2, -0.15) is 0 Å². The Morgan fingerprint density at radius 1 is 1.67 bits per heavy atom. The Morgan fingerprint density at radius 2 is 2.42 bits per heavy atom. The molecule has 3 nitrogen and oxygen atoms in total. The van der Waals surface area contributed by atoms with Crippen molar-refractivity contribution in [2.24, 2.45) is 17.6 Å². The third-order valence-corrected chi connectivity index (χ3v) is 2.87. The van der Waals surface area contributed by atoms with Gasteiger partial charge in [0.1, 0.15) is 0 Å². The summed E-state index contributed by atoms with van der Waals surface area (Å²) in [4.78, 5) is 2.32. The number of rotatable bonds is 4. The third-order valence-electron chi connectivity index (χ3n) is 2.87. The molecule has 72 valence electrons. The molecule has 1 rings (SSSR count). The van der Waals surface area contributed by atoms with Gasteiger partial charge in [-0.1, -0.05) is 0 Å². The van der Waals surface area contributed by atoms with Crippen molar-refractivity contribution in [3.63, 3.8) is 0 Å². The molecule has 1 aliphatic rings. The lowest BCUT2D eigenvalue weighted by Gasteiger charge is -2.20. The topological polar surface area (TPSA) is 49.5 Å². The zero-order valence-electron chi connectivity index (χ0n) is 7.87. The summed E-state index contributed by atoms with van der Waals surface area (Å²) >= 11 is 0. The van der Waals surface area contributed by atoms with Crippen LogP contribution in [-0.4, -0.2) is 43.3 Å². The minimum atomic E-state index is 0.301. The van der Waals surface area contributed by atoms with Gasteiger partial charge in [0.2, 0.25) is 0 Å². The third kappa shape index (κ3) is 2.44. The van der Waals surface area contributed by atoms with Crippen LogP contribution in [0.5, 0.6) is 0 Å². The van der Waals surface area contributed by atoms with E-state index in [0.29, 0.717) is 25.0 Å². The predicted octanol–water partition coefficient (Wildman–Crippen LogP) is -0.105. The summed E-state index contributed by atoms with van der Waals surface area (Å²) in [7, 11) is 2.14. The quantitative estimate of drug-likeness (QED) is 0.622. The van der Waals surface area contributed by atoms with Crippen LogP contribution in [-0.2, 0) is 0 Å². The molecule has 1 aliphatic heterocycles. The summed E-state index contributed by atoms with van der Waals surface area (Å²) in [5.74, 6) is 1.10. The number of nitrogens with two attached hydrogens (primary N) is 1. The van der Waals surface area contributed by atoms with Crippen molar-refractivity contribution < 1.29 is 5.11 Å². The van der Waals surface area contributed by atoms with Gasteiger partial charge in [0.05, 0.1) is 0 Å². The molecule has 0 aliphatic carbocycles. The van der Waals surface area contributed by atoms with E-state index in [2.05, 4.69) is 11.9 Å². The second-order valence-corrected chi connectivity index (χ2v) is 3.83. The first-order valence-electron chi connectivity index (χ1n) is 4.77. The molecule has 2 unspecified atom stereocenters. The van der Waals surface area contributed by atoms with Crippen molar-refractivity contribution in [2.75, 3.05) is 33.3 Å². The van der Waals surface area contributed by atoms with Crippen molar-refractivity contribution >= 4 is 0 Å². The average molecular weight is 172 g/mol. The Balaban J connectivity index is 2.33. The normalized spacial score (nSPS) is 27.8. The van der Waals surface area contributed by atoms with Crippen LogP contribution in [0.15, 0.2) is 0 Å². The van der Waals surface area contributed by atoms with Crippen molar-refractivity contribution in [3.8, 4) is 0 Å². The molecule has 0 aromatic heterocycles. The highest BCUT2D eigenvalue weighted by molar-refractivity contribution is 4.79. The zero-order valence-corrected chi connectivity index (χ0v) is 7.87. The van der Waals surface area contributed by atoms with Gasteiger partial charge in [-0.15, -0.1) is 0 Å². The van der Waals surface area contributed by atoms with Crippen molar-refractivity contribution in [1.82, 2.24) is 4.90 Å². The summed E-state index contributed by atoms with van der Waals surface area (Å²) in [6, 6.07) is 0. The summed E-state index contributed by atoms with van der Waals surface area (Å²) < 4.78 is 0. The lowest BCUT2D eigenvalue weighted by molar-refractivity contribution is 0.170. The molecule has 2 atom stereocenters. The van der Waals surface area contributed by atoms with Crippen LogP contribution in [0.1, 0.15) is 12.8 Å². The number of aliphatic hydroxyl groups excluding tert-OH is 1. The molecule has 0 bridgehead atoms. The van der Waals surface area contributed by atoms with Crippen LogP contribution in [0.25, 0.3) is 0 Å². The van der Waals surface area contributed by atoms with E-state index in [4.69, 9.17) is 10.8 Å². The van der Waals surface area contributed by atoms with Crippen molar-refractivity contribution in [1.29, 1.82) is 0 Å². The van der Waals surface area contributed by atoms with E-state index in [0.717, 1.165) is 13.0 Å². The van der Waals surface area contributed by atoms with Crippen molar-refractivity contribution in [2.45, 2.75) is 12.8 Å². The first-order valence-corrected chi connectivity index (χ1v) is 4.77. The SMILES string of the molecule is CN1CCC(C(CO)CCN)C1. The summed E-state index contributed by atoms with van der Waals surface area (Å²) in [6.45, 7) is 3.30. The molecular weight excluding hydrogens is 152 g/mol. The largest absolute Gasteiger partial charge is 0.396 e. The Hall–Kier alpha value is -0.120. The van der Waals surface area contributed by atoms with Gasteiger partial charge in [0, 0.05) is 13.2 Å². The maximum atomic E-state index is 9.13. The molecule has 3 N–H and O–H groups in total. The highest BCUT2D eigenvalue weighted by Crippen LogP contribution is 2.24. The molecule has 1 heterocycles. The van der Waals surface area contributed by atoms with Crippen LogP contribution >= 0.6 is 0 Å². The number of nitrogens with zero attached hydrogens (tertiary/aromatic N) is 1. The number of hydrogen-bond acceptors (Lipinski definition) is 3. The molecular formula is C9H20N2O. The Morgan fingerprint density at radius 3 is 2.83 bits per heavy atom. The summed E-state index contributed by atoms with van der Waals surface area (Å²) in [5.41, 5.74) is 5.48. The molecule has 0 saturated carbocycles. The van der Waals surface area contributed by atoms with Gasteiger partial charge in [0.25, 0.3) is 0 Å². The van der Waals surface area contributed by atoms with Crippen LogP contribution in [0, 0.1) is 11.8 Å². The Labute approximate surface area is 74.5 Å². The van der Waals surface area contributed by atoms with Crippen LogP contribution in [0.4, 0.5) is 0 Å². The van der Waals surface area contributed by atoms with E-state index < -0.39 is 0 Å². The van der Waals surface area contributed by atoms with Crippen LogP contribution in [0.3, 0.4) is 0 Å². The second kappa shape index (κ2) is 4.80. The molecule has 0 aromatic rings. The van der Waals surface area contributed by atoms with E-state index in [1.54, 1.807) is 0 Å². The molecule has 1 fully saturated rings. The Bertz CT molecular complexity index is 128. The van der Waals surface area contributed by atoms with Crippen LogP contribution < -0.4 is 5.73 Å². The number of aliphatic hydroxyl groups is 1. The highest BCUT2D eigenvalue weighted by atomic mass is 16.3. The minimum Gasteiger partial charge on any atom is -0.396 e. The van der Waals surface area contributed by atoms with Crippen LogP contribution in [0.2, 0.25) is 0 Å². The van der Waals surface area contributed by atoms with Gasteiger partial charge in [-0.05, 0) is 44.8 Å². The zero-order chi connectivity index (χ0) is 8.97. The lowest BCUT2D eigenvalue weighted by atomic mass is 9.89. The smallest absolute Gasteiger partial charge is 0.0462 e. The number of hydrogen-bond donors (Lipinski definition) is 2. The molecule has 0 radical (unpaired) electrons. The molecule has 3 heteroatoms. The number of likely N-dealkylation sites (tertiary alicyclic amines) is 1. The lowest BCUT2D eigenvalue weighted by Crippen LogP contribution is -2.24. The van der Waals surface area contributed by atoms with Gasteiger partial charge in [-0.25, -0.2) is 0 Å². The van der Waals surface area contributed by atoms with Crippen molar-refractivity contribution in [3.05, 3.63) is 0 Å². The average Bonchev–Trinajstić information content (AvgIpc) is 2.47. The van der Waals surface area contributed by atoms with Gasteiger partial charge >= 0.3 is 0 Å². The van der Waals surface area contributed by atoms with E-state index in [1.165, 1.54) is 13.0 Å². The fourth-order valence-electron chi connectivity index (χ4n) is 2.04. The first-order chi connectivity index (χ1) is 5.77. The minimum absolute atomic E-state index is 0.301. The van der Waals surface area contributed by atoms with E-state index >= 15 is 0 Å². The Kier molecular flexibility index (Phi) is 3.98.